The molecular weight excluding hydrogens is 154 g/mol. The minimum absolute atomic E-state index is 0.0103. The highest BCUT2D eigenvalue weighted by Crippen LogP contribution is 2.17. The maximum atomic E-state index is 10.5. The van der Waals surface area contributed by atoms with E-state index in [1.165, 1.54) is 11.8 Å². The van der Waals surface area contributed by atoms with E-state index in [1.54, 1.807) is 0 Å². The number of carboxylic acids is 1. The lowest BCUT2D eigenvalue weighted by atomic mass is 10.4. The third-order valence-corrected chi connectivity index (χ3v) is 2.21. The summed E-state index contributed by atoms with van der Waals surface area (Å²) in [5.41, 5.74) is 0. The molecule has 1 heterocycles. The SMILES string of the molecule is O=C(O)CC1NC(=O)CS1. The monoisotopic (exact) mass is 161 g/mol. The molecule has 0 saturated carbocycles. The van der Waals surface area contributed by atoms with Gasteiger partial charge in [0.05, 0.1) is 17.5 Å². The lowest BCUT2D eigenvalue weighted by Crippen LogP contribution is -2.26. The maximum absolute atomic E-state index is 10.5. The van der Waals surface area contributed by atoms with Gasteiger partial charge in [0.2, 0.25) is 5.91 Å². The number of hydrogen-bond acceptors (Lipinski definition) is 3. The molecule has 1 aliphatic rings. The predicted octanol–water partition coefficient (Wildman–Crippen LogP) is -0.350. The Kier molecular flexibility index (Phi) is 2.16. The third kappa shape index (κ3) is 1.91. The summed E-state index contributed by atoms with van der Waals surface area (Å²) in [5, 5.41) is 10.6. The largest absolute Gasteiger partial charge is 0.481 e. The molecule has 1 saturated heterocycles. The van der Waals surface area contributed by atoms with Crippen LogP contribution >= 0.6 is 11.8 Å². The molecule has 10 heavy (non-hydrogen) atoms. The second-order valence-corrected chi connectivity index (χ2v) is 3.16. The second-order valence-electron chi connectivity index (χ2n) is 1.97. The van der Waals surface area contributed by atoms with Crippen molar-refractivity contribution in [3.63, 3.8) is 0 Å². The highest BCUT2D eigenvalue weighted by atomic mass is 32.2. The van der Waals surface area contributed by atoms with Gasteiger partial charge in [-0.2, -0.15) is 0 Å². The van der Waals surface area contributed by atoms with Crippen molar-refractivity contribution in [2.75, 3.05) is 5.75 Å². The minimum Gasteiger partial charge on any atom is -0.481 e. The molecule has 1 atom stereocenters. The third-order valence-electron chi connectivity index (χ3n) is 1.10. The van der Waals surface area contributed by atoms with Crippen molar-refractivity contribution < 1.29 is 14.7 Å². The van der Waals surface area contributed by atoms with E-state index in [1.807, 2.05) is 0 Å². The van der Waals surface area contributed by atoms with Crippen LogP contribution in [0.3, 0.4) is 0 Å². The minimum atomic E-state index is -0.875. The van der Waals surface area contributed by atoms with Crippen molar-refractivity contribution in [2.45, 2.75) is 11.8 Å². The Hall–Kier alpha value is -0.710. The van der Waals surface area contributed by atoms with E-state index in [4.69, 9.17) is 5.11 Å². The highest BCUT2D eigenvalue weighted by molar-refractivity contribution is 8.01. The standard InChI is InChI=1S/C5H7NO3S/c7-3-2-10-4(6-3)1-5(8)9/h4H,1-2H2,(H,6,7)(H,8,9). The topological polar surface area (TPSA) is 66.4 Å². The lowest BCUT2D eigenvalue weighted by Gasteiger charge is -2.02. The average Bonchev–Trinajstić information content (AvgIpc) is 2.13. The van der Waals surface area contributed by atoms with Gasteiger partial charge < -0.3 is 10.4 Å². The van der Waals surface area contributed by atoms with Crippen LogP contribution in [0.5, 0.6) is 0 Å². The Morgan fingerprint density at radius 1 is 1.90 bits per heavy atom. The Morgan fingerprint density at radius 3 is 3.00 bits per heavy atom. The number of hydrogen-bond donors (Lipinski definition) is 2. The van der Waals surface area contributed by atoms with E-state index in [-0.39, 0.29) is 17.7 Å². The molecule has 0 bridgehead atoms. The van der Waals surface area contributed by atoms with Gasteiger partial charge >= 0.3 is 5.97 Å². The average molecular weight is 161 g/mol. The molecule has 0 aromatic rings. The Labute approximate surface area is 62.0 Å². The zero-order chi connectivity index (χ0) is 7.56. The van der Waals surface area contributed by atoms with Gasteiger partial charge in [-0.15, -0.1) is 11.8 Å². The van der Waals surface area contributed by atoms with Gasteiger partial charge in [-0.1, -0.05) is 0 Å². The van der Waals surface area contributed by atoms with E-state index in [9.17, 15) is 9.59 Å². The molecule has 0 radical (unpaired) electrons. The fourth-order valence-electron chi connectivity index (χ4n) is 0.708. The first-order chi connectivity index (χ1) is 4.68. The summed E-state index contributed by atoms with van der Waals surface area (Å²) in [4.78, 5) is 20.6. The normalized spacial score (nSPS) is 24.4. The Morgan fingerprint density at radius 2 is 2.60 bits per heavy atom. The number of carbonyl (C=O) groups is 2. The molecule has 1 rings (SSSR count). The molecule has 0 aromatic carbocycles. The predicted molar refractivity (Wildman–Crippen MR) is 36.6 cm³/mol. The van der Waals surface area contributed by atoms with Crippen LogP contribution < -0.4 is 5.32 Å². The summed E-state index contributed by atoms with van der Waals surface area (Å²) >= 11 is 1.34. The van der Waals surface area contributed by atoms with E-state index < -0.39 is 5.97 Å². The first kappa shape index (κ1) is 7.40. The van der Waals surface area contributed by atoms with Gasteiger partial charge in [0.1, 0.15) is 0 Å². The first-order valence-corrected chi connectivity index (χ1v) is 3.86. The van der Waals surface area contributed by atoms with Crippen LogP contribution in [-0.2, 0) is 9.59 Å². The van der Waals surface area contributed by atoms with Crippen molar-refractivity contribution in [1.29, 1.82) is 0 Å². The fraction of sp³-hybridized carbons (Fsp3) is 0.600. The fourth-order valence-corrected chi connectivity index (χ4v) is 1.62. The smallest absolute Gasteiger partial charge is 0.306 e. The zero-order valence-electron chi connectivity index (χ0n) is 5.16. The summed E-state index contributed by atoms with van der Waals surface area (Å²) in [6.07, 6.45) is 0.0103. The van der Waals surface area contributed by atoms with Crippen LogP contribution in [0.15, 0.2) is 0 Å². The number of nitrogens with one attached hydrogen (secondary N) is 1. The van der Waals surface area contributed by atoms with Crippen LogP contribution in [0.1, 0.15) is 6.42 Å². The van der Waals surface area contributed by atoms with Crippen molar-refractivity contribution in [3.05, 3.63) is 0 Å². The number of carboxylic acid groups (broad SMARTS) is 1. The van der Waals surface area contributed by atoms with Crippen molar-refractivity contribution in [2.24, 2.45) is 0 Å². The van der Waals surface area contributed by atoms with Gasteiger partial charge in [-0.25, -0.2) is 0 Å². The number of amides is 1. The van der Waals surface area contributed by atoms with E-state index in [0.29, 0.717) is 5.75 Å². The quantitative estimate of drug-likeness (QED) is 0.581. The van der Waals surface area contributed by atoms with E-state index >= 15 is 0 Å². The molecule has 0 spiro atoms. The molecule has 56 valence electrons. The summed E-state index contributed by atoms with van der Waals surface area (Å²) < 4.78 is 0. The van der Waals surface area contributed by atoms with Crippen molar-refractivity contribution in [1.82, 2.24) is 5.32 Å². The molecule has 1 unspecified atom stereocenters. The molecule has 2 N–H and O–H groups in total. The Balaban J connectivity index is 2.31. The molecule has 1 fully saturated rings. The van der Waals surface area contributed by atoms with Gasteiger partial charge in [-0.05, 0) is 0 Å². The van der Waals surface area contributed by atoms with Crippen LogP contribution in [-0.4, -0.2) is 28.1 Å². The van der Waals surface area contributed by atoms with Crippen LogP contribution in [0.4, 0.5) is 0 Å². The second kappa shape index (κ2) is 2.92. The zero-order valence-corrected chi connectivity index (χ0v) is 5.98. The molecule has 1 aliphatic heterocycles. The van der Waals surface area contributed by atoms with Gasteiger partial charge in [0.15, 0.2) is 0 Å². The van der Waals surface area contributed by atoms with Crippen LogP contribution in [0.25, 0.3) is 0 Å². The number of aliphatic carboxylic acids is 1. The lowest BCUT2D eigenvalue weighted by molar-refractivity contribution is -0.137. The molecular formula is C5H7NO3S. The number of thioether (sulfide) groups is 1. The molecule has 4 nitrogen and oxygen atoms in total. The summed E-state index contributed by atoms with van der Waals surface area (Å²) in [5.74, 6) is -0.561. The van der Waals surface area contributed by atoms with Crippen LogP contribution in [0, 0.1) is 0 Å². The maximum Gasteiger partial charge on any atom is 0.306 e. The van der Waals surface area contributed by atoms with E-state index in [2.05, 4.69) is 5.32 Å². The summed E-state index contributed by atoms with van der Waals surface area (Å²) in [6, 6.07) is 0. The first-order valence-electron chi connectivity index (χ1n) is 2.81. The number of rotatable bonds is 2. The van der Waals surface area contributed by atoms with Crippen molar-refractivity contribution in [3.8, 4) is 0 Å². The summed E-state index contributed by atoms with van der Waals surface area (Å²) in [7, 11) is 0. The van der Waals surface area contributed by atoms with Gasteiger partial charge in [0.25, 0.3) is 0 Å². The highest BCUT2D eigenvalue weighted by Gasteiger charge is 2.23. The van der Waals surface area contributed by atoms with Gasteiger partial charge in [0, 0.05) is 0 Å². The number of carbonyl (C=O) groups excluding carboxylic acids is 1. The molecule has 5 heteroatoms. The van der Waals surface area contributed by atoms with Gasteiger partial charge in [-0.3, -0.25) is 9.59 Å². The molecule has 0 aliphatic carbocycles. The Bertz CT molecular complexity index is 170. The van der Waals surface area contributed by atoms with Crippen LogP contribution in [0.2, 0.25) is 0 Å². The van der Waals surface area contributed by atoms with E-state index in [0.717, 1.165) is 0 Å². The molecule has 1 amide bonds. The van der Waals surface area contributed by atoms with Crippen molar-refractivity contribution >= 4 is 23.6 Å². The molecule has 0 aromatic heterocycles. The summed E-state index contributed by atoms with van der Waals surface area (Å²) in [6.45, 7) is 0.